The first kappa shape index (κ1) is 12.0. The second-order valence-corrected chi connectivity index (χ2v) is 7.33. The Hall–Kier alpha value is -0.760. The summed E-state index contributed by atoms with van der Waals surface area (Å²) >= 11 is 5.78. The zero-order valence-electron chi connectivity index (χ0n) is 11.1. The summed E-state index contributed by atoms with van der Waals surface area (Å²) in [5, 5.41) is 0. The standard InChI is InChI=1S/C16H20ClNO/c17-9-13-1-2-14(18-15(13)19)16-6-10-3-11(7-16)5-12(4-10)8-16/h1-2,10-12H,3-9H2,(H,18,19). The van der Waals surface area contributed by atoms with Crippen molar-refractivity contribution in [2.45, 2.75) is 49.8 Å². The van der Waals surface area contributed by atoms with Gasteiger partial charge >= 0.3 is 0 Å². The van der Waals surface area contributed by atoms with Crippen molar-refractivity contribution in [3.63, 3.8) is 0 Å². The number of nitrogens with one attached hydrogen (secondary N) is 1. The molecule has 1 aromatic rings. The van der Waals surface area contributed by atoms with Crippen LogP contribution in [-0.4, -0.2) is 4.98 Å². The highest BCUT2D eigenvalue weighted by atomic mass is 35.5. The van der Waals surface area contributed by atoms with E-state index in [1.54, 1.807) is 0 Å². The molecule has 0 radical (unpaired) electrons. The number of pyridine rings is 1. The Kier molecular flexibility index (Phi) is 2.60. The van der Waals surface area contributed by atoms with Crippen molar-refractivity contribution in [3.8, 4) is 0 Å². The smallest absolute Gasteiger partial charge is 0.252 e. The predicted octanol–water partition coefficient (Wildman–Crippen LogP) is 3.58. The number of hydrogen-bond acceptors (Lipinski definition) is 1. The van der Waals surface area contributed by atoms with Gasteiger partial charge in [0.2, 0.25) is 0 Å². The van der Waals surface area contributed by atoms with Crippen LogP contribution in [0.5, 0.6) is 0 Å². The molecule has 0 aromatic carbocycles. The van der Waals surface area contributed by atoms with Crippen molar-refractivity contribution in [1.82, 2.24) is 4.98 Å². The van der Waals surface area contributed by atoms with E-state index < -0.39 is 0 Å². The summed E-state index contributed by atoms with van der Waals surface area (Å²) in [5.41, 5.74) is 2.17. The fourth-order valence-corrected chi connectivity index (χ4v) is 5.57. The Morgan fingerprint density at radius 3 is 2.16 bits per heavy atom. The minimum atomic E-state index is 0.0169. The number of rotatable bonds is 2. The molecule has 1 aromatic heterocycles. The van der Waals surface area contributed by atoms with E-state index in [4.69, 9.17) is 11.6 Å². The van der Waals surface area contributed by atoms with Crippen LogP contribution in [0.3, 0.4) is 0 Å². The SMILES string of the molecule is O=c1[nH]c(C23CC4CC(CC(C4)C2)C3)ccc1CCl. The van der Waals surface area contributed by atoms with Crippen LogP contribution in [0, 0.1) is 17.8 Å². The van der Waals surface area contributed by atoms with Crippen LogP contribution < -0.4 is 5.56 Å². The third kappa shape index (κ3) is 1.79. The zero-order valence-corrected chi connectivity index (χ0v) is 11.9. The molecule has 19 heavy (non-hydrogen) atoms. The van der Waals surface area contributed by atoms with Gasteiger partial charge in [0.25, 0.3) is 5.56 Å². The van der Waals surface area contributed by atoms with Gasteiger partial charge in [-0.15, -0.1) is 11.6 Å². The molecule has 4 aliphatic rings. The van der Waals surface area contributed by atoms with E-state index in [9.17, 15) is 4.79 Å². The largest absolute Gasteiger partial charge is 0.325 e. The van der Waals surface area contributed by atoms with Crippen LogP contribution in [0.4, 0.5) is 0 Å². The lowest BCUT2D eigenvalue weighted by molar-refractivity contribution is -0.00730. The van der Waals surface area contributed by atoms with Gasteiger partial charge in [0.05, 0.1) is 5.88 Å². The lowest BCUT2D eigenvalue weighted by atomic mass is 9.49. The van der Waals surface area contributed by atoms with E-state index in [2.05, 4.69) is 11.1 Å². The van der Waals surface area contributed by atoms with Crippen LogP contribution in [0.15, 0.2) is 16.9 Å². The van der Waals surface area contributed by atoms with E-state index in [-0.39, 0.29) is 11.0 Å². The maximum atomic E-state index is 12.0. The lowest BCUT2D eigenvalue weighted by Crippen LogP contribution is -2.49. The number of aromatic amines is 1. The van der Waals surface area contributed by atoms with Gasteiger partial charge in [-0.3, -0.25) is 4.79 Å². The molecule has 3 heteroatoms. The van der Waals surface area contributed by atoms with Gasteiger partial charge in [0.1, 0.15) is 0 Å². The van der Waals surface area contributed by atoms with Gasteiger partial charge in [0.15, 0.2) is 0 Å². The molecule has 102 valence electrons. The molecule has 0 saturated heterocycles. The highest BCUT2D eigenvalue weighted by molar-refractivity contribution is 6.17. The maximum absolute atomic E-state index is 12.0. The minimum Gasteiger partial charge on any atom is -0.325 e. The normalized spacial score (nSPS) is 39.7. The van der Waals surface area contributed by atoms with Crippen LogP contribution in [0.1, 0.15) is 49.8 Å². The monoisotopic (exact) mass is 277 g/mol. The van der Waals surface area contributed by atoms with Crippen LogP contribution in [0.2, 0.25) is 0 Å². The van der Waals surface area contributed by atoms with E-state index in [1.165, 1.54) is 44.2 Å². The van der Waals surface area contributed by atoms with Gasteiger partial charge in [-0.1, -0.05) is 6.07 Å². The first-order valence-corrected chi connectivity index (χ1v) is 8.01. The van der Waals surface area contributed by atoms with Crippen LogP contribution in [-0.2, 0) is 11.3 Å². The Morgan fingerprint density at radius 2 is 1.68 bits per heavy atom. The van der Waals surface area contributed by atoms with Crippen molar-refractivity contribution >= 4 is 11.6 Å². The molecule has 0 amide bonds. The molecule has 4 bridgehead atoms. The lowest BCUT2D eigenvalue weighted by Gasteiger charge is -2.56. The quantitative estimate of drug-likeness (QED) is 0.824. The molecule has 0 aliphatic heterocycles. The fourth-order valence-electron chi connectivity index (χ4n) is 5.36. The highest BCUT2D eigenvalue weighted by Crippen LogP contribution is 2.60. The van der Waals surface area contributed by atoms with Gasteiger partial charge < -0.3 is 4.98 Å². The Morgan fingerprint density at radius 1 is 1.11 bits per heavy atom. The van der Waals surface area contributed by atoms with Crippen LogP contribution >= 0.6 is 11.6 Å². The first-order chi connectivity index (χ1) is 9.18. The van der Waals surface area contributed by atoms with E-state index in [1.807, 2.05) is 6.07 Å². The van der Waals surface area contributed by atoms with Gasteiger partial charge in [-0.05, 0) is 62.3 Å². The van der Waals surface area contributed by atoms with Crippen molar-refractivity contribution in [1.29, 1.82) is 0 Å². The van der Waals surface area contributed by atoms with Gasteiger partial charge in [0, 0.05) is 16.7 Å². The summed E-state index contributed by atoms with van der Waals surface area (Å²) < 4.78 is 0. The van der Waals surface area contributed by atoms with Crippen molar-refractivity contribution in [2.75, 3.05) is 0 Å². The topological polar surface area (TPSA) is 32.9 Å². The summed E-state index contributed by atoms with van der Waals surface area (Å²) in [4.78, 5) is 15.2. The molecule has 4 saturated carbocycles. The maximum Gasteiger partial charge on any atom is 0.252 e. The Balaban J connectivity index is 1.75. The molecule has 4 aliphatic carbocycles. The predicted molar refractivity (Wildman–Crippen MR) is 76.5 cm³/mol. The Labute approximate surface area is 118 Å². The van der Waals surface area contributed by atoms with E-state index in [0.29, 0.717) is 11.4 Å². The number of H-pyrrole nitrogens is 1. The molecule has 0 atom stereocenters. The number of aromatic nitrogens is 1. The molecule has 2 nitrogen and oxygen atoms in total. The molecule has 1 heterocycles. The highest BCUT2D eigenvalue weighted by Gasteiger charge is 2.52. The van der Waals surface area contributed by atoms with Crippen molar-refractivity contribution < 1.29 is 0 Å². The summed E-state index contributed by atoms with van der Waals surface area (Å²) in [6.45, 7) is 0. The van der Waals surface area contributed by atoms with Gasteiger partial charge in [-0.2, -0.15) is 0 Å². The molecular formula is C16H20ClNO. The molecular weight excluding hydrogens is 258 g/mol. The third-order valence-corrected chi connectivity index (χ3v) is 6.03. The molecule has 0 spiro atoms. The summed E-state index contributed by atoms with van der Waals surface area (Å²) in [5.74, 6) is 3.02. The van der Waals surface area contributed by atoms with Crippen molar-refractivity contribution in [3.05, 3.63) is 33.7 Å². The average Bonchev–Trinajstić information content (AvgIpc) is 2.37. The fraction of sp³-hybridized carbons (Fsp3) is 0.688. The molecule has 4 fully saturated rings. The summed E-state index contributed by atoms with van der Waals surface area (Å²) in [7, 11) is 0. The van der Waals surface area contributed by atoms with Crippen LogP contribution in [0.25, 0.3) is 0 Å². The first-order valence-electron chi connectivity index (χ1n) is 7.47. The molecule has 5 rings (SSSR count). The van der Waals surface area contributed by atoms with Gasteiger partial charge in [-0.25, -0.2) is 0 Å². The number of hydrogen-bond donors (Lipinski definition) is 1. The third-order valence-electron chi connectivity index (χ3n) is 5.74. The number of halogens is 1. The Bertz CT molecular complexity index is 527. The molecule has 1 N–H and O–H groups in total. The molecule has 0 unspecified atom stereocenters. The zero-order chi connectivity index (χ0) is 13.0. The summed E-state index contributed by atoms with van der Waals surface area (Å²) in [6.07, 6.45) is 8.16. The average molecular weight is 278 g/mol. The van der Waals surface area contributed by atoms with E-state index in [0.717, 1.165) is 17.8 Å². The number of alkyl halides is 1. The second-order valence-electron chi connectivity index (χ2n) is 7.06. The summed E-state index contributed by atoms with van der Waals surface area (Å²) in [6, 6.07) is 4.06. The van der Waals surface area contributed by atoms with E-state index >= 15 is 0 Å². The second kappa shape index (κ2) is 4.12. The van der Waals surface area contributed by atoms with Crippen molar-refractivity contribution in [2.24, 2.45) is 17.8 Å². The minimum absolute atomic E-state index is 0.0169.